The largest absolute Gasteiger partial charge is 0.463 e. The van der Waals surface area contributed by atoms with Crippen LogP contribution in [-0.4, -0.2) is 105 Å². The molecule has 0 radical (unpaired) electrons. The van der Waals surface area contributed by atoms with Crippen LogP contribution in [0.5, 0.6) is 0 Å². The maximum atomic E-state index is 12.1. The second kappa shape index (κ2) is 22.1. The molecule has 0 bridgehead atoms. The smallest absolute Gasteiger partial charge is 0.407 e. The quantitative estimate of drug-likeness (QED) is 0.133. The topological polar surface area (TPSA) is 136 Å². The fourth-order valence-corrected chi connectivity index (χ4v) is 3.27. The fourth-order valence-electron chi connectivity index (χ4n) is 3.27. The van der Waals surface area contributed by atoms with E-state index in [1.165, 1.54) is 0 Å². The summed E-state index contributed by atoms with van der Waals surface area (Å²) in [6.07, 6.45) is 4.35. The number of hydrogen-bond acceptors (Lipinski definition) is 9. The number of alkyl carbamates (subject to hydrolysis) is 1. The van der Waals surface area contributed by atoms with Crippen LogP contribution < -0.4 is 10.6 Å². The summed E-state index contributed by atoms with van der Waals surface area (Å²) in [6, 6.07) is 0. The highest BCUT2D eigenvalue weighted by Crippen LogP contribution is 2.09. The van der Waals surface area contributed by atoms with Crippen molar-refractivity contribution in [1.82, 2.24) is 15.5 Å². The van der Waals surface area contributed by atoms with E-state index in [-0.39, 0.29) is 44.2 Å². The Kier molecular flexibility index (Phi) is 20.9. The number of rotatable bonds is 23. The maximum Gasteiger partial charge on any atom is 0.407 e. The van der Waals surface area contributed by atoms with Crippen molar-refractivity contribution < 1.29 is 38.4 Å². The molecule has 0 aliphatic rings. The van der Waals surface area contributed by atoms with E-state index in [0.717, 1.165) is 32.1 Å². The minimum atomic E-state index is -0.816. The van der Waals surface area contributed by atoms with Crippen molar-refractivity contribution in [1.29, 1.82) is 0 Å². The van der Waals surface area contributed by atoms with Gasteiger partial charge >= 0.3 is 12.1 Å². The van der Waals surface area contributed by atoms with Crippen molar-refractivity contribution in [3.05, 3.63) is 0 Å². The Morgan fingerprint density at radius 1 is 0.892 bits per heavy atom. The van der Waals surface area contributed by atoms with Crippen molar-refractivity contribution >= 4 is 18.0 Å². The molecule has 11 nitrogen and oxygen atoms in total. The molecule has 37 heavy (non-hydrogen) atoms. The summed E-state index contributed by atoms with van der Waals surface area (Å²) >= 11 is 0. The molecule has 0 aliphatic heterocycles. The lowest BCUT2D eigenvalue weighted by Gasteiger charge is -2.23. The SMILES string of the molecule is CCOC(C)(C)C(=O)NCCCCCCNC(=O)OCCN(CCOC(C)CC)CCC(=O)OCCO. The Labute approximate surface area is 222 Å². The molecule has 0 aromatic rings. The maximum absolute atomic E-state index is 12.1. The molecule has 3 N–H and O–H groups in total. The number of esters is 1. The molecule has 11 heteroatoms. The summed E-state index contributed by atoms with van der Waals surface area (Å²) in [5.41, 5.74) is -0.816. The number of nitrogens with zero attached hydrogens (tertiary/aromatic N) is 1. The zero-order valence-electron chi connectivity index (χ0n) is 23.6. The molecule has 0 spiro atoms. The van der Waals surface area contributed by atoms with Crippen molar-refractivity contribution in [2.45, 2.75) is 84.8 Å². The first kappa shape index (κ1) is 35.0. The third-order valence-corrected chi connectivity index (χ3v) is 5.72. The average Bonchev–Trinajstić information content (AvgIpc) is 2.86. The van der Waals surface area contributed by atoms with E-state index in [0.29, 0.717) is 45.9 Å². The molecule has 1 unspecified atom stereocenters. The van der Waals surface area contributed by atoms with Crippen LogP contribution in [0.3, 0.4) is 0 Å². The number of amides is 2. The number of unbranched alkanes of at least 4 members (excludes halogenated alkanes) is 3. The Morgan fingerprint density at radius 3 is 2.16 bits per heavy atom. The second-order valence-electron chi connectivity index (χ2n) is 9.30. The van der Waals surface area contributed by atoms with Crippen LogP contribution in [0.1, 0.15) is 73.1 Å². The summed E-state index contributed by atoms with van der Waals surface area (Å²) in [5.74, 6) is -0.487. The summed E-state index contributed by atoms with van der Waals surface area (Å²) in [6.45, 7) is 13.1. The first-order chi connectivity index (χ1) is 17.7. The van der Waals surface area contributed by atoms with Crippen molar-refractivity contribution in [3.8, 4) is 0 Å². The van der Waals surface area contributed by atoms with Crippen LogP contribution in [0, 0.1) is 0 Å². The van der Waals surface area contributed by atoms with Crippen LogP contribution in [0.15, 0.2) is 0 Å². The lowest BCUT2D eigenvalue weighted by molar-refractivity contribution is -0.145. The number of nitrogens with one attached hydrogen (secondary N) is 2. The van der Waals surface area contributed by atoms with Gasteiger partial charge in [-0.1, -0.05) is 19.8 Å². The third kappa shape index (κ3) is 19.8. The number of carbonyl (C=O) groups is 3. The molecule has 1 atom stereocenters. The van der Waals surface area contributed by atoms with E-state index in [1.807, 2.05) is 18.7 Å². The van der Waals surface area contributed by atoms with Crippen LogP contribution in [-0.2, 0) is 28.5 Å². The Balaban J connectivity index is 4.04. The molecule has 0 saturated carbocycles. The van der Waals surface area contributed by atoms with Crippen molar-refractivity contribution in [3.63, 3.8) is 0 Å². The monoisotopic (exact) mass is 533 g/mol. The highest BCUT2D eigenvalue weighted by molar-refractivity contribution is 5.84. The summed E-state index contributed by atoms with van der Waals surface area (Å²) in [7, 11) is 0. The molecular weight excluding hydrogens is 482 g/mol. The Bertz CT molecular complexity index is 619. The van der Waals surface area contributed by atoms with Gasteiger partial charge < -0.3 is 34.7 Å². The molecular formula is C26H51N3O8. The molecule has 0 fully saturated rings. The molecule has 218 valence electrons. The van der Waals surface area contributed by atoms with E-state index in [9.17, 15) is 14.4 Å². The number of ether oxygens (including phenoxy) is 4. The Hall–Kier alpha value is -1.95. The zero-order chi connectivity index (χ0) is 27.9. The van der Waals surface area contributed by atoms with E-state index in [1.54, 1.807) is 13.8 Å². The fraction of sp³-hybridized carbons (Fsp3) is 0.885. The predicted octanol–water partition coefficient (Wildman–Crippen LogP) is 2.25. The van der Waals surface area contributed by atoms with Crippen LogP contribution >= 0.6 is 0 Å². The minimum absolute atomic E-state index is 0.0113. The molecule has 0 aromatic heterocycles. The average molecular weight is 534 g/mol. The lowest BCUT2D eigenvalue weighted by Crippen LogP contribution is -2.44. The van der Waals surface area contributed by atoms with E-state index >= 15 is 0 Å². The van der Waals surface area contributed by atoms with Gasteiger partial charge in [0.2, 0.25) is 0 Å². The first-order valence-corrected chi connectivity index (χ1v) is 13.6. The van der Waals surface area contributed by atoms with Gasteiger partial charge in [-0.2, -0.15) is 0 Å². The van der Waals surface area contributed by atoms with E-state index in [4.69, 9.17) is 24.1 Å². The number of aliphatic hydroxyl groups is 1. The van der Waals surface area contributed by atoms with E-state index < -0.39 is 11.7 Å². The lowest BCUT2D eigenvalue weighted by atomic mass is 10.1. The van der Waals surface area contributed by atoms with Gasteiger partial charge in [-0.25, -0.2) is 4.79 Å². The van der Waals surface area contributed by atoms with Gasteiger partial charge in [0, 0.05) is 39.3 Å². The normalized spacial score (nSPS) is 12.3. The van der Waals surface area contributed by atoms with Gasteiger partial charge in [-0.05, 0) is 47.0 Å². The minimum Gasteiger partial charge on any atom is -0.463 e. The second-order valence-corrected chi connectivity index (χ2v) is 9.30. The van der Waals surface area contributed by atoms with Gasteiger partial charge in [0.25, 0.3) is 5.91 Å². The van der Waals surface area contributed by atoms with Gasteiger partial charge in [-0.3, -0.25) is 14.5 Å². The third-order valence-electron chi connectivity index (χ3n) is 5.72. The van der Waals surface area contributed by atoms with Gasteiger partial charge in [0.1, 0.15) is 18.8 Å². The van der Waals surface area contributed by atoms with Crippen molar-refractivity contribution in [2.24, 2.45) is 0 Å². The molecule has 2 amide bonds. The predicted molar refractivity (Wildman–Crippen MR) is 141 cm³/mol. The van der Waals surface area contributed by atoms with Crippen LogP contribution in [0.2, 0.25) is 0 Å². The van der Waals surface area contributed by atoms with Gasteiger partial charge in [0.05, 0.1) is 25.7 Å². The molecule has 0 saturated heterocycles. The summed E-state index contributed by atoms with van der Waals surface area (Å²) in [4.78, 5) is 37.7. The Morgan fingerprint density at radius 2 is 1.54 bits per heavy atom. The summed E-state index contributed by atoms with van der Waals surface area (Å²) < 4.78 is 21.3. The van der Waals surface area contributed by atoms with Gasteiger partial charge in [0.15, 0.2) is 0 Å². The first-order valence-electron chi connectivity index (χ1n) is 13.6. The summed E-state index contributed by atoms with van der Waals surface area (Å²) in [5, 5.41) is 14.4. The molecule has 0 heterocycles. The highest BCUT2D eigenvalue weighted by Gasteiger charge is 2.27. The molecule has 0 aliphatic carbocycles. The zero-order valence-corrected chi connectivity index (χ0v) is 23.6. The van der Waals surface area contributed by atoms with Crippen LogP contribution in [0.25, 0.3) is 0 Å². The highest BCUT2D eigenvalue weighted by atomic mass is 16.6. The standard InChI is InChI=1S/C26H51N3O8/c1-6-22(3)34-19-16-29(15-12-23(31)35-21-18-30)17-20-36-25(33)28-14-11-9-8-10-13-27-24(32)26(4,5)37-7-2/h22,30H,6-21H2,1-5H3,(H,27,32)(H,28,33). The number of hydrogen-bond donors (Lipinski definition) is 3. The number of aliphatic hydroxyl groups excluding tert-OH is 1. The van der Waals surface area contributed by atoms with Crippen molar-refractivity contribution in [2.75, 3.05) is 65.8 Å². The number of carbonyl (C=O) groups excluding carboxylic acids is 3. The van der Waals surface area contributed by atoms with Gasteiger partial charge in [-0.15, -0.1) is 0 Å². The molecule has 0 aromatic carbocycles. The van der Waals surface area contributed by atoms with Crippen LogP contribution in [0.4, 0.5) is 4.79 Å². The molecule has 0 rings (SSSR count). The van der Waals surface area contributed by atoms with E-state index in [2.05, 4.69) is 17.6 Å².